The van der Waals surface area contributed by atoms with Crippen LogP contribution in [0, 0.1) is 6.92 Å². The summed E-state index contributed by atoms with van der Waals surface area (Å²) in [5, 5.41) is 0. The summed E-state index contributed by atoms with van der Waals surface area (Å²) < 4.78 is 6.22. The zero-order valence-corrected chi connectivity index (χ0v) is 25.0. The molecule has 2 heteroatoms. The Balaban J connectivity index is 2.04. The summed E-state index contributed by atoms with van der Waals surface area (Å²) in [5.41, 5.74) is 16.9. The summed E-state index contributed by atoms with van der Waals surface area (Å²) in [4.78, 5) is 0. The van der Waals surface area contributed by atoms with Crippen LogP contribution in [0.2, 0.25) is 18.6 Å². The van der Waals surface area contributed by atoms with Crippen LogP contribution >= 0.6 is 0 Å². The maximum absolute atomic E-state index is 6.22. The first-order chi connectivity index (χ1) is 16.2. The Morgan fingerprint density at radius 1 is 0.829 bits per heavy atom. The van der Waals surface area contributed by atoms with E-state index in [4.69, 9.17) is 4.74 Å². The van der Waals surface area contributed by atoms with Crippen molar-refractivity contribution in [1.29, 1.82) is 0 Å². The zero-order valence-electron chi connectivity index (χ0n) is 24.0. The van der Waals surface area contributed by atoms with Crippen LogP contribution in [0.5, 0.6) is 5.75 Å². The minimum absolute atomic E-state index is 0.0171. The van der Waals surface area contributed by atoms with E-state index in [2.05, 4.69) is 112 Å². The smallest absolute Gasteiger partial charge is 0.131 e. The normalized spacial score (nSPS) is 19.0. The SMILES string of the molecule is COc1c(C(C)(C)C)cc2c(c1-c1ccccc1C)C=C(C)C2[Si](C)(C)C1C(C)=C(C)C(C)=C1C. The summed E-state index contributed by atoms with van der Waals surface area (Å²) >= 11 is 0. The first-order valence-electron chi connectivity index (χ1n) is 13.1. The maximum atomic E-state index is 6.22. The zero-order chi connectivity index (χ0) is 26.0. The summed E-state index contributed by atoms with van der Waals surface area (Å²) in [6.07, 6.45) is 2.48. The van der Waals surface area contributed by atoms with Crippen molar-refractivity contribution in [3.05, 3.63) is 80.5 Å². The molecule has 4 rings (SSSR count). The first kappa shape index (κ1) is 25.8. The van der Waals surface area contributed by atoms with Crippen LogP contribution in [-0.4, -0.2) is 15.2 Å². The van der Waals surface area contributed by atoms with E-state index in [0.717, 1.165) is 5.75 Å². The van der Waals surface area contributed by atoms with E-state index in [9.17, 15) is 0 Å². The average Bonchev–Trinajstić information content (AvgIpc) is 3.21. The van der Waals surface area contributed by atoms with Gasteiger partial charge >= 0.3 is 0 Å². The standard InChI is InChI=1S/C33H44OSi/c1-19-15-13-14-16-25(19)29-26-17-20(2)31(27(26)18-28(30(29)34-10)33(7,8)9)35(11,12)32-23(5)21(3)22(4)24(32)6/h13-18,31-32H,1-12H3. The van der Waals surface area contributed by atoms with Gasteiger partial charge < -0.3 is 4.74 Å². The second kappa shape index (κ2) is 8.66. The topological polar surface area (TPSA) is 9.23 Å². The lowest BCUT2D eigenvalue weighted by molar-refractivity contribution is 0.399. The van der Waals surface area contributed by atoms with E-state index >= 15 is 0 Å². The number of ether oxygens (including phenoxy) is 1. The quantitative estimate of drug-likeness (QED) is 0.392. The number of benzene rings is 2. The molecule has 186 valence electrons. The molecular formula is C33H44OSi. The monoisotopic (exact) mass is 484 g/mol. The molecular weight excluding hydrogens is 440 g/mol. The molecule has 2 aliphatic rings. The van der Waals surface area contributed by atoms with Gasteiger partial charge in [-0.3, -0.25) is 0 Å². The van der Waals surface area contributed by atoms with Crippen molar-refractivity contribution < 1.29 is 4.74 Å². The molecule has 2 aliphatic carbocycles. The van der Waals surface area contributed by atoms with Gasteiger partial charge in [-0.05, 0) is 85.9 Å². The Kier molecular flexibility index (Phi) is 6.37. The van der Waals surface area contributed by atoms with Crippen LogP contribution < -0.4 is 4.74 Å². The minimum atomic E-state index is -1.83. The maximum Gasteiger partial charge on any atom is 0.131 e. The predicted octanol–water partition coefficient (Wildman–Crippen LogP) is 9.77. The van der Waals surface area contributed by atoms with Crippen molar-refractivity contribution in [1.82, 2.24) is 0 Å². The van der Waals surface area contributed by atoms with Crippen LogP contribution in [0.15, 0.2) is 58.2 Å². The second-order valence-electron chi connectivity index (χ2n) is 12.6. The van der Waals surface area contributed by atoms with Gasteiger partial charge in [-0.25, -0.2) is 0 Å². The molecule has 1 atom stereocenters. The third-order valence-electron chi connectivity index (χ3n) is 9.02. The first-order valence-corrected chi connectivity index (χ1v) is 16.2. The molecule has 0 bridgehead atoms. The highest BCUT2D eigenvalue weighted by atomic mass is 28.3. The number of aryl methyl sites for hydroxylation is 1. The van der Waals surface area contributed by atoms with Crippen LogP contribution in [-0.2, 0) is 5.41 Å². The molecule has 0 heterocycles. The van der Waals surface area contributed by atoms with Crippen molar-refractivity contribution >= 4 is 14.1 Å². The molecule has 0 aromatic heterocycles. The highest BCUT2D eigenvalue weighted by molar-refractivity contribution is 6.82. The number of hydrogen-bond donors (Lipinski definition) is 0. The van der Waals surface area contributed by atoms with Crippen molar-refractivity contribution in [2.75, 3.05) is 7.11 Å². The van der Waals surface area contributed by atoms with E-state index < -0.39 is 8.07 Å². The molecule has 0 saturated carbocycles. The molecule has 2 aromatic rings. The molecule has 0 radical (unpaired) electrons. The van der Waals surface area contributed by atoms with Gasteiger partial charge in [0.1, 0.15) is 5.75 Å². The molecule has 0 saturated heterocycles. The van der Waals surface area contributed by atoms with Gasteiger partial charge in [-0.15, -0.1) is 0 Å². The van der Waals surface area contributed by atoms with Crippen LogP contribution in [0.1, 0.15) is 83.2 Å². The van der Waals surface area contributed by atoms with E-state index in [0.29, 0.717) is 11.1 Å². The van der Waals surface area contributed by atoms with Crippen LogP contribution in [0.25, 0.3) is 17.2 Å². The number of allylic oxidation sites excluding steroid dienone is 5. The van der Waals surface area contributed by atoms with E-state index in [1.165, 1.54) is 50.1 Å². The number of fused-ring (bicyclic) bond motifs is 1. The van der Waals surface area contributed by atoms with Gasteiger partial charge in [-0.2, -0.15) is 0 Å². The van der Waals surface area contributed by atoms with Gasteiger partial charge in [0.2, 0.25) is 0 Å². The van der Waals surface area contributed by atoms with E-state index in [1.807, 2.05) is 7.11 Å². The molecule has 2 aromatic carbocycles. The van der Waals surface area contributed by atoms with Gasteiger partial charge in [-0.1, -0.05) is 87.0 Å². The van der Waals surface area contributed by atoms with E-state index in [1.54, 1.807) is 11.1 Å². The predicted molar refractivity (Wildman–Crippen MR) is 156 cm³/mol. The molecule has 1 unspecified atom stereocenters. The van der Waals surface area contributed by atoms with Gasteiger partial charge in [0.15, 0.2) is 0 Å². The molecule has 1 nitrogen and oxygen atoms in total. The largest absolute Gasteiger partial charge is 0.496 e. The Bertz CT molecular complexity index is 1270. The lowest BCUT2D eigenvalue weighted by Crippen LogP contribution is -2.41. The molecule has 0 amide bonds. The number of methoxy groups -OCH3 is 1. The van der Waals surface area contributed by atoms with Crippen LogP contribution in [0.3, 0.4) is 0 Å². The molecule has 0 N–H and O–H groups in total. The Hall–Kier alpha value is -2.32. The second-order valence-corrected chi connectivity index (χ2v) is 17.4. The van der Waals surface area contributed by atoms with Crippen molar-refractivity contribution in [2.24, 2.45) is 0 Å². The Morgan fingerprint density at radius 3 is 1.91 bits per heavy atom. The number of rotatable bonds is 4. The van der Waals surface area contributed by atoms with Crippen molar-refractivity contribution in [3.63, 3.8) is 0 Å². The fraction of sp³-hybridized carbons (Fsp3) is 0.455. The van der Waals surface area contributed by atoms with Gasteiger partial charge in [0.05, 0.1) is 15.2 Å². The molecule has 0 aliphatic heterocycles. The average molecular weight is 485 g/mol. The molecule has 0 spiro atoms. The third-order valence-corrected chi connectivity index (χ3v) is 13.6. The summed E-state index contributed by atoms with van der Waals surface area (Å²) in [7, 11) is 0.00689. The van der Waals surface area contributed by atoms with Gasteiger partial charge in [0, 0.05) is 16.7 Å². The fourth-order valence-electron chi connectivity index (χ4n) is 7.16. The van der Waals surface area contributed by atoms with E-state index in [-0.39, 0.29) is 5.41 Å². The molecule has 0 fully saturated rings. The number of hydrogen-bond acceptors (Lipinski definition) is 1. The Labute approximate surface area is 215 Å². The molecule has 35 heavy (non-hydrogen) atoms. The Morgan fingerprint density at radius 2 is 1.40 bits per heavy atom. The summed E-state index contributed by atoms with van der Waals surface area (Å²) in [6.45, 7) is 26.2. The minimum Gasteiger partial charge on any atom is -0.496 e. The summed E-state index contributed by atoms with van der Waals surface area (Å²) in [6, 6.07) is 11.3. The highest BCUT2D eigenvalue weighted by Gasteiger charge is 2.48. The van der Waals surface area contributed by atoms with Crippen molar-refractivity contribution in [2.45, 2.75) is 91.9 Å². The van der Waals surface area contributed by atoms with Crippen LogP contribution in [0.4, 0.5) is 0 Å². The highest BCUT2D eigenvalue weighted by Crippen LogP contribution is 2.57. The lowest BCUT2D eigenvalue weighted by atomic mass is 9.80. The lowest BCUT2D eigenvalue weighted by Gasteiger charge is -2.40. The fourth-order valence-corrected chi connectivity index (χ4v) is 12.5. The summed E-state index contributed by atoms with van der Waals surface area (Å²) in [5.74, 6) is 1.04. The van der Waals surface area contributed by atoms with Gasteiger partial charge in [0.25, 0.3) is 0 Å². The third kappa shape index (κ3) is 3.89. The van der Waals surface area contributed by atoms with Crippen molar-refractivity contribution in [3.8, 4) is 16.9 Å².